The number of pyridine rings is 2. The van der Waals surface area contributed by atoms with Gasteiger partial charge in [-0.25, -0.2) is 4.98 Å². The molecule has 0 saturated heterocycles. The number of nitrogens with one attached hydrogen (secondary N) is 1. The van der Waals surface area contributed by atoms with E-state index in [-0.39, 0.29) is 10.8 Å². The lowest BCUT2D eigenvalue weighted by Crippen LogP contribution is -2.01. The van der Waals surface area contributed by atoms with Crippen LogP contribution in [0.2, 0.25) is 10.0 Å². The van der Waals surface area contributed by atoms with Crippen LogP contribution in [0, 0.1) is 0 Å². The van der Waals surface area contributed by atoms with E-state index in [4.69, 9.17) is 23.2 Å². The summed E-state index contributed by atoms with van der Waals surface area (Å²) in [6.07, 6.45) is 6.85. The quantitative estimate of drug-likeness (QED) is 0.508. The van der Waals surface area contributed by atoms with Crippen molar-refractivity contribution >= 4 is 40.0 Å². The van der Waals surface area contributed by atoms with Crippen molar-refractivity contribution in [1.29, 1.82) is 0 Å². The fourth-order valence-corrected chi connectivity index (χ4v) is 3.09. The number of aromatic amines is 1. The summed E-state index contributed by atoms with van der Waals surface area (Å²) >= 11 is 12.2. The lowest BCUT2D eigenvalue weighted by molar-refractivity contribution is 0.104. The molecule has 0 bridgehead atoms. The van der Waals surface area contributed by atoms with E-state index < -0.39 is 0 Å². The van der Waals surface area contributed by atoms with E-state index in [0.29, 0.717) is 21.8 Å². The fraction of sp³-hybridized carbons (Fsp3) is 0. The van der Waals surface area contributed by atoms with E-state index in [1.807, 2.05) is 18.2 Å². The van der Waals surface area contributed by atoms with Gasteiger partial charge in [0.2, 0.25) is 0 Å². The van der Waals surface area contributed by atoms with Gasteiger partial charge in [-0.3, -0.25) is 9.78 Å². The third-order valence-corrected chi connectivity index (χ3v) is 4.79. The second-order valence-electron chi connectivity index (χ2n) is 5.49. The predicted octanol–water partition coefficient (Wildman–Crippen LogP) is 5.16. The van der Waals surface area contributed by atoms with Crippen molar-refractivity contribution in [2.45, 2.75) is 0 Å². The number of benzene rings is 1. The molecule has 0 atom stereocenters. The highest BCUT2D eigenvalue weighted by atomic mass is 35.5. The molecule has 0 spiro atoms. The van der Waals surface area contributed by atoms with Crippen LogP contribution in [-0.4, -0.2) is 20.7 Å². The van der Waals surface area contributed by atoms with Gasteiger partial charge < -0.3 is 4.98 Å². The minimum atomic E-state index is -0.205. The Morgan fingerprint density at radius 2 is 1.88 bits per heavy atom. The van der Waals surface area contributed by atoms with Gasteiger partial charge in [-0.15, -0.1) is 0 Å². The first kappa shape index (κ1) is 15.8. The van der Waals surface area contributed by atoms with Gasteiger partial charge in [-0.2, -0.15) is 0 Å². The molecule has 0 aliphatic heterocycles. The Bertz CT molecular complexity index is 1090. The highest BCUT2D eigenvalue weighted by Gasteiger charge is 2.19. The fourth-order valence-electron chi connectivity index (χ4n) is 2.71. The second-order valence-corrected chi connectivity index (χ2v) is 6.28. The first-order valence-electron chi connectivity index (χ1n) is 7.51. The number of hydrogen-bond donors (Lipinski definition) is 1. The Labute approximate surface area is 153 Å². The number of rotatable bonds is 3. The highest BCUT2D eigenvalue weighted by Crippen LogP contribution is 2.30. The lowest BCUT2D eigenvalue weighted by Gasteiger charge is -2.05. The van der Waals surface area contributed by atoms with E-state index in [0.717, 1.165) is 16.5 Å². The van der Waals surface area contributed by atoms with Gasteiger partial charge in [-0.05, 0) is 24.3 Å². The lowest BCUT2D eigenvalue weighted by atomic mass is 10.0. The summed E-state index contributed by atoms with van der Waals surface area (Å²) in [5, 5.41) is 1.32. The SMILES string of the molecule is O=C(c1cccc(Cl)c1Cl)c1c[nH]c2ncc(-c3cccnc3)cc12. The van der Waals surface area contributed by atoms with Crippen LogP contribution in [0.25, 0.3) is 22.2 Å². The Hall–Kier alpha value is -2.69. The van der Waals surface area contributed by atoms with Crippen LogP contribution >= 0.6 is 23.2 Å². The molecule has 25 heavy (non-hydrogen) atoms. The molecule has 0 saturated carbocycles. The molecule has 0 unspecified atom stereocenters. The second kappa shape index (κ2) is 6.31. The van der Waals surface area contributed by atoms with Crippen molar-refractivity contribution < 1.29 is 4.79 Å². The topological polar surface area (TPSA) is 58.6 Å². The van der Waals surface area contributed by atoms with E-state index in [9.17, 15) is 4.79 Å². The number of halogens is 2. The summed E-state index contributed by atoms with van der Waals surface area (Å²) < 4.78 is 0. The summed E-state index contributed by atoms with van der Waals surface area (Å²) in [4.78, 5) is 24.5. The third kappa shape index (κ3) is 2.80. The van der Waals surface area contributed by atoms with Gasteiger partial charge >= 0.3 is 0 Å². The zero-order chi connectivity index (χ0) is 17.4. The first-order chi connectivity index (χ1) is 12.1. The van der Waals surface area contributed by atoms with Crippen LogP contribution in [0.5, 0.6) is 0 Å². The molecule has 3 heterocycles. The molecule has 4 rings (SSSR count). The summed E-state index contributed by atoms with van der Waals surface area (Å²) in [6, 6.07) is 10.7. The molecule has 1 aromatic carbocycles. The molecule has 4 nitrogen and oxygen atoms in total. The smallest absolute Gasteiger partial charge is 0.196 e. The van der Waals surface area contributed by atoms with Crippen LogP contribution < -0.4 is 0 Å². The number of hydrogen-bond acceptors (Lipinski definition) is 3. The Morgan fingerprint density at radius 1 is 1.00 bits per heavy atom. The van der Waals surface area contributed by atoms with Crippen molar-refractivity contribution in [3.05, 3.63) is 82.4 Å². The number of ketones is 1. The van der Waals surface area contributed by atoms with Gasteiger partial charge in [0.1, 0.15) is 5.65 Å². The van der Waals surface area contributed by atoms with Crippen molar-refractivity contribution in [2.24, 2.45) is 0 Å². The Kier molecular flexibility index (Phi) is 3.99. The molecule has 6 heteroatoms. The van der Waals surface area contributed by atoms with Crippen LogP contribution in [0.4, 0.5) is 0 Å². The maximum Gasteiger partial charge on any atom is 0.196 e. The molecule has 1 N–H and O–H groups in total. The molecule has 122 valence electrons. The number of nitrogens with zero attached hydrogens (tertiary/aromatic N) is 2. The minimum Gasteiger partial charge on any atom is -0.345 e. The Morgan fingerprint density at radius 3 is 2.68 bits per heavy atom. The normalized spacial score (nSPS) is 11.0. The maximum absolute atomic E-state index is 12.9. The molecule has 0 fully saturated rings. The number of H-pyrrole nitrogens is 1. The molecule has 0 aliphatic rings. The van der Waals surface area contributed by atoms with E-state index in [1.54, 1.807) is 43.0 Å². The third-order valence-electron chi connectivity index (χ3n) is 3.97. The van der Waals surface area contributed by atoms with Crippen molar-refractivity contribution in [3.63, 3.8) is 0 Å². The van der Waals surface area contributed by atoms with E-state index in [2.05, 4.69) is 15.0 Å². The standard InChI is InChI=1S/C19H11Cl2N3O/c20-16-5-1-4-13(17(16)21)18(25)15-10-24-19-14(15)7-12(9-23-19)11-3-2-6-22-8-11/h1-10H,(H,23,24). The van der Waals surface area contributed by atoms with Crippen molar-refractivity contribution in [2.75, 3.05) is 0 Å². The number of carbonyl (C=O) groups excluding carboxylic acids is 1. The number of carbonyl (C=O) groups is 1. The predicted molar refractivity (Wildman–Crippen MR) is 99.2 cm³/mol. The summed E-state index contributed by atoms with van der Waals surface area (Å²) in [6.45, 7) is 0. The average molecular weight is 368 g/mol. The van der Waals surface area contributed by atoms with Gasteiger partial charge in [0.25, 0.3) is 0 Å². The van der Waals surface area contributed by atoms with Crippen LogP contribution in [-0.2, 0) is 0 Å². The molecular formula is C19H11Cl2N3O. The molecule has 3 aromatic heterocycles. The molecule has 0 radical (unpaired) electrons. The van der Waals surface area contributed by atoms with Gasteiger partial charge in [0, 0.05) is 52.4 Å². The summed E-state index contributed by atoms with van der Waals surface area (Å²) in [7, 11) is 0. The maximum atomic E-state index is 12.9. The molecule has 0 aliphatic carbocycles. The molecular weight excluding hydrogens is 357 g/mol. The van der Waals surface area contributed by atoms with Crippen molar-refractivity contribution in [3.8, 4) is 11.1 Å². The molecule has 4 aromatic rings. The zero-order valence-electron chi connectivity index (χ0n) is 12.8. The van der Waals surface area contributed by atoms with Crippen molar-refractivity contribution in [1.82, 2.24) is 15.0 Å². The average Bonchev–Trinajstić information content (AvgIpc) is 3.07. The number of fused-ring (bicyclic) bond motifs is 1. The zero-order valence-corrected chi connectivity index (χ0v) is 14.3. The monoisotopic (exact) mass is 367 g/mol. The summed E-state index contributed by atoms with van der Waals surface area (Å²) in [5.41, 5.74) is 3.30. The van der Waals surface area contributed by atoms with Crippen LogP contribution in [0.15, 0.2) is 61.2 Å². The number of aromatic nitrogens is 3. The first-order valence-corrected chi connectivity index (χ1v) is 8.27. The van der Waals surface area contributed by atoms with E-state index >= 15 is 0 Å². The van der Waals surface area contributed by atoms with E-state index in [1.165, 1.54) is 0 Å². The van der Waals surface area contributed by atoms with Crippen LogP contribution in [0.1, 0.15) is 15.9 Å². The highest BCUT2D eigenvalue weighted by molar-refractivity contribution is 6.44. The van der Waals surface area contributed by atoms with Crippen LogP contribution in [0.3, 0.4) is 0 Å². The van der Waals surface area contributed by atoms with Gasteiger partial charge in [-0.1, -0.05) is 35.3 Å². The van der Waals surface area contributed by atoms with Gasteiger partial charge in [0.15, 0.2) is 5.78 Å². The Balaban J connectivity index is 1.85. The summed E-state index contributed by atoms with van der Waals surface area (Å²) in [5.74, 6) is -0.205. The molecule has 0 amide bonds. The minimum absolute atomic E-state index is 0.205. The largest absolute Gasteiger partial charge is 0.345 e. The van der Waals surface area contributed by atoms with Gasteiger partial charge in [0.05, 0.1) is 10.0 Å².